The molecular weight excluding hydrogens is 845 g/mol. The summed E-state index contributed by atoms with van der Waals surface area (Å²) in [5.74, 6) is 0. The Kier molecular flexibility index (Phi) is 9.52. The molecule has 14 rings (SSSR count). The van der Waals surface area contributed by atoms with Crippen molar-refractivity contribution >= 4 is 77.2 Å². The highest BCUT2D eigenvalue weighted by atomic mass is 15.2. The van der Waals surface area contributed by atoms with Gasteiger partial charge in [0.15, 0.2) is 0 Å². The molecule has 12 aromatic carbocycles. The zero-order chi connectivity index (χ0) is 46.1. The molecular formula is C68H48N2. The first-order valence-electron chi connectivity index (χ1n) is 24.7. The first-order chi connectivity index (χ1) is 34.7. The van der Waals surface area contributed by atoms with Gasteiger partial charge in [-0.05, 0) is 185 Å². The molecule has 0 bridgehead atoms. The van der Waals surface area contributed by atoms with Crippen LogP contribution in [0, 0.1) is 0 Å². The van der Waals surface area contributed by atoms with Crippen LogP contribution >= 0.6 is 0 Å². The van der Waals surface area contributed by atoms with Crippen molar-refractivity contribution in [3.8, 4) is 33.4 Å². The van der Waals surface area contributed by atoms with Crippen molar-refractivity contribution < 1.29 is 0 Å². The summed E-state index contributed by atoms with van der Waals surface area (Å²) in [4.78, 5) is 5.04. The van der Waals surface area contributed by atoms with E-state index in [0.29, 0.717) is 0 Å². The maximum Gasteiger partial charge on any atom is 0.0493 e. The maximum atomic E-state index is 2.52. The van der Waals surface area contributed by atoms with Crippen molar-refractivity contribution in [1.29, 1.82) is 0 Å². The maximum absolute atomic E-state index is 2.52. The molecule has 0 aromatic heterocycles. The van der Waals surface area contributed by atoms with Crippen molar-refractivity contribution in [3.63, 3.8) is 0 Å². The van der Waals surface area contributed by atoms with Crippen LogP contribution in [0.1, 0.15) is 22.3 Å². The fourth-order valence-corrected chi connectivity index (χ4v) is 11.9. The number of hydrogen-bond acceptors (Lipinski definition) is 2. The van der Waals surface area contributed by atoms with Gasteiger partial charge in [0.25, 0.3) is 0 Å². The predicted molar refractivity (Wildman–Crippen MR) is 297 cm³/mol. The van der Waals surface area contributed by atoms with Gasteiger partial charge in [0.1, 0.15) is 0 Å². The fraction of sp³-hybridized carbons (Fsp3) is 0.0588. The average molecular weight is 893 g/mol. The second kappa shape index (κ2) is 16.5. The number of aryl methyl sites for hydroxylation is 4. The third-order valence-electron chi connectivity index (χ3n) is 15.2. The Morgan fingerprint density at radius 1 is 0.243 bits per heavy atom. The quantitative estimate of drug-likeness (QED) is 0.159. The molecule has 2 aliphatic rings. The van der Waals surface area contributed by atoms with Crippen LogP contribution < -0.4 is 9.80 Å². The van der Waals surface area contributed by atoms with Crippen LogP contribution in [-0.4, -0.2) is 0 Å². The minimum Gasteiger partial charge on any atom is -0.310 e. The smallest absolute Gasteiger partial charge is 0.0493 e. The van der Waals surface area contributed by atoms with Crippen molar-refractivity contribution in [2.75, 3.05) is 9.80 Å². The van der Waals surface area contributed by atoms with Gasteiger partial charge in [-0.2, -0.15) is 0 Å². The molecule has 0 aliphatic carbocycles. The lowest BCUT2D eigenvalue weighted by Gasteiger charge is -2.29. The summed E-state index contributed by atoms with van der Waals surface area (Å²) >= 11 is 0. The molecule has 0 saturated carbocycles. The van der Waals surface area contributed by atoms with E-state index in [0.717, 1.165) is 37.1 Å². The topological polar surface area (TPSA) is 6.48 Å². The van der Waals surface area contributed by atoms with Crippen LogP contribution in [0.5, 0.6) is 0 Å². The van der Waals surface area contributed by atoms with Gasteiger partial charge in [0, 0.05) is 34.1 Å². The van der Waals surface area contributed by atoms with E-state index in [1.165, 1.54) is 121 Å². The Hall–Kier alpha value is -8.72. The predicted octanol–water partition coefficient (Wildman–Crippen LogP) is 18.4. The Morgan fingerprint density at radius 3 is 1.11 bits per heavy atom. The van der Waals surface area contributed by atoms with Crippen LogP contribution in [0.15, 0.2) is 243 Å². The second-order valence-electron chi connectivity index (χ2n) is 19.1. The summed E-state index contributed by atoms with van der Waals surface area (Å²) in [6, 6.07) is 91.1. The monoisotopic (exact) mass is 892 g/mol. The number of benzene rings is 12. The molecule has 0 N–H and O–H groups in total. The molecule has 0 fully saturated rings. The summed E-state index contributed by atoms with van der Waals surface area (Å²) in [5, 5.41) is 9.83. The van der Waals surface area contributed by atoms with Crippen molar-refractivity contribution in [3.05, 3.63) is 265 Å². The fourth-order valence-electron chi connectivity index (χ4n) is 11.9. The highest BCUT2D eigenvalue weighted by Crippen LogP contribution is 2.52. The number of anilines is 6. The van der Waals surface area contributed by atoms with Gasteiger partial charge in [0.2, 0.25) is 0 Å². The van der Waals surface area contributed by atoms with E-state index in [9.17, 15) is 0 Å². The lowest BCUT2D eigenvalue weighted by molar-refractivity contribution is 0.977. The Morgan fingerprint density at radius 2 is 0.614 bits per heavy atom. The Bertz CT molecular complexity index is 3950. The van der Waals surface area contributed by atoms with Crippen molar-refractivity contribution in [2.45, 2.75) is 25.7 Å². The number of nitrogens with zero attached hydrogens (tertiary/aromatic N) is 2. The highest BCUT2D eigenvalue weighted by molar-refractivity contribution is 6.24. The lowest BCUT2D eigenvalue weighted by atomic mass is 9.83. The van der Waals surface area contributed by atoms with Gasteiger partial charge in [0.05, 0.1) is 0 Å². The van der Waals surface area contributed by atoms with Gasteiger partial charge < -0.3 is 9.80 Å². The molecule has 2 aliphatic heterocycles. The largest absolute Gasteiger partial charge is 0.310 e. The Labute approximate surface area is 409 Å². The van der Waals surface area contributed by atoms with E-state index >= 15 is 0 Å². The van der Waals surface area contributed by atoms with Gasteiger partial charge in [-0.15, -0.1) is 0 Å². The Balaban J connectivity index is 1.12. The molecule has 2 heteroatoms. The normalized spacial score (nSPS) is 13.1. The molecule has 330 valence electrons. The molecule has 2 heterocycles. The highest BCUT2D eigenvalue weighted by Gasteiger charge is 2.27. The second-order valence-corrected chi connectivity index (χ2v) is 19.1. The summed E-state index contributed by atoms with van der Waals surface area (Å²) in [7, 11) is 0. The molecule has 70 heavy (non-hydrogen) atoms. The molecule has 0 radical (unpaired) electrons. The van der Waals surface area contributed by atoms with Gasteiger partial charge in [-0.25, -0.2) is 0 Å². The number of fused-ring (bicyclic) bond motifs is 8. The van der Waals surface area contributed by atoms with E-state index in [1.807, 2.05) is 0 Å². The molecule has 2 nitrogen and oxygen atoms in total. The summed E-state index contributed by atoms with van der Waals surface area (Å²) in [6.07, 6.45) is 3.97. The standard InChI is InChI=1S/C68H48N2/c1-3-21-51-41-53(35-29-45(51)15-1)57-23-9-10-24-58(57)68-60-40-38-55(69-63-25-11-5-17-47(63)31-32-48-18-6-12-26-64(48)69)43-61(60)67(54-36-30-46-16-2-4-22-52(46)42-54)59-39-37-56(44-62(59)68)70-65-27-13-7-19-49(65)33-34-50-20-8-14-28-66(50)70/h1-30,35-44H,31-34H2. The zero-order valence-electron chi connectivity index (χ0n) is 38.8. The third kappa shape index (κ3) is 6.63. The van der Waals surface area contributed by atoms with Crippen LogP contribution in [0.2, 0.25) is 0 Å². The average Bonchev–Trinajstić information content (AvgIpc) is 3.70. The first kappa shape index (κ1) is 40.4. The third-order valence-corrected chi connectivity index (χ3v) is 15.2. The number of rotatable bonds is 5. The van der Waals surface area contributed by atoms with Crippen LogP contribution in [0.3, 0.4) is 0 Å². The van der Waals surface area contributed by atoms with E-state index in [-0.39, 0.29) is 0 Å². The van der Waals surface area contributed by atoms with Gasteiger partial charge >= 0.3 is 0 Å². The SMILES string of the molecule is c1ccc2c(c1)CCc1ccccc1N2c1ccc2c(-c3ccccc3-c3ccc4ccccc4c3)c3cc(N4c5ccccc5CCc5ccccc54)ccc3c(-c3ccc4ccccc4c3)c2c1. The van der Waals surface area contributed by atoms with E-state index in [2.05, 4.69) is 252 Å². The molecule has 12 aromatic rings. The summed E-state index contributed by atoms with van der Waals surface area (Å²) < 4.78 is 0. The minimum absolute atomic E-state index is 0.993. The van der Waals surface area contributed by atoms with Crippen molar-refractivity contribution in [1.82, 2.24) is 0 Å². The minimum atomic E-state index is 0.993. The van der Waals surface area contributed by atoms with Crippen LogP contribution in [0.25, 0.3) is 76.5 Å². The molecule has 0 spiro atoms. The van der Waals surface area contributed by atoms with Crippen molar-refractivity contribution in [2.24, 2.45) is 0 Å². The molecule has 0 saturated heterocycles. The van der Waals surface area contributed by atoms with E-state index < -0.39 is 0 Å². The lowest BCUT2D eigenvalue weighted by Crippen LogP contribution is -2.12. The van der Waals surface area contributed by atoms with E-state index in [1.54, 1.807) is 0 Å². The first-order valence-corrected chi connectivity index (χ1v) is 24.7. The molecule has 0 unspecified atom stereocenters. The van der Waals surface area contributed by atoms with Crippen LogP contribution in [-0.2, 0) is 25.7 Å². The zero-order valence-corrected chi connectivity index (χ0v) is 38.8. The van der Waals surface area contributed by atoms with Crippen LogP contribution in [0.4, 0.5) is 34.1 Å². The number of para-hydroxylation sites is 4. The molecule has 0 amide bonds. The van der Waals surface area contributed by atoms with Gasteiger partial charge in [-0.1, -0.05) is 182 Å². The van der Waals surface area contributed by atoms with E-state index in [4.69, 9.17) is 0 Å². The number of hydrogen-bond donors (Lipinski definition) is 0. The molecule has 0 atom stereocenters. The summed E-state index contributed by atoms with van der Waals surface area (Å²) in [6.45, 7) is 0. The van der Waals surface area contributed by atoms with Gasteiger partial charge in [-0.3, -0.25) is 0 Å². The summed E-state index contributed by atoms with van der Waals surface area (Å²) in [5.41, 5.74) is 20.0.